The van der Waals surface area contributed by atoms with Crippen LogP contribution in [-0.2, 0) is 6.42 Å². The summed E-state index contributed by atoms with van der Waals surface area (Å²) in [6.07, 6.45) is 4.63. The first-order valence-corrected chi connectivity index (χ1v) is 8.45. The van der Waals surface area contributed by atoms with Crippen LogP contribution < -0.4 is 4.90 Å². The minimum Gasteiger partial charge on any atom is -0.356 e. The zero-order valence-corrected chi connectivity index (χ0v) is 13.3. The SMILES string of the molecule is c1ccc(Cc2nc(N3CCCCC3)c3ccccc3n2)cc1. The predicted molar refractivity (Wildman–Crippen MR) is 94.9 cm³/mol. The fourth-order valence-corrected chi connectivity index (χ4v) is 3.31. The molecule has 0 radical (unpaired) electrons. The first kappa shape index (κ1) is 14.2. The molecule has 0 N–H and O–H groups in total. The summed E-state index contributed by atoms with van der Waals surface area (Å²) in [6.45, 7) is 2.21. The van der Waals surface area contributed by atoms with Crippen molar-refractivity contribution in [3.05, 3.63) is 66.0 Å². The number of benzene rings is 2. The Balaban J connectivity index is 1.76. The maximum Gasteiger partial charge on any atom is 0.140 e. The number of para-hydroxylation sites is 1. The van der Waals surface area contributed by atoms with E-state index in [4.69, 9.17) is 9.97 Å². The molecule has 0 atom stereocenters. The molecule has 1 saturated heterocycles. The molecule has 0 spiro atoms. The topological polar surface area (TPSA) is 29.0 Å². The molecule has 0 saturated carbocycles. The van der Waals surface area contributed by atoms with Gasteiger partial charge in [-0.05, 0) is 37.0 Å². The van der Waals surface area contributed by atoms with E-state index in [1.807, 2.05) is 6.07 Å². The third-order valence-corrected chi connectivity index (χ3v) is 4.49. The van der Waals surface area contributed by atoms with Gasteiger partial charge >= 0.3 is 0 Å². The molecule has 1 aromatic heterocycles. The van der Waals surface area contributed by atoms with E-state index in [9.17, 15) is 0 Å². The summed E-state index contributed by atoms with van der Waals surface area (Å²) in [5, 5.41) is 1.17. The van der Waals surface area contributed by atoms with Crippen LogP contribution in [0.5, 0.6) is 0 Å². The molecule has 2 aromatic carbocycles. The van der Waals surface area contributed by atoms with Gasteiger partial charge in [0.05, 0.1) is 5.52 Å². The molecule has 1 fully saturated rings. The molecule has 1 aliphatic heterocycles. The Kier molecular flexibility index (Phi) is 3.93. The minimum atomic E-state index is 0.784. The summed E-state index contributed by atoms with van der Waals surface area (Å²) in [5.41, 5.74) is 2.31. The molecule has 3 heteroatoms. The molecule has 116 valence electrons. The highest BCUT2D eigenvalue weighted by molar-refractivity contribution is 5.89. The van der Waals surface area contributed by atoms with Gasteiger partial charge in [0.1, 0.15) is 11.6 Å². The summed E-state index contributed by atoms with van der Waals surface area (Å²) < 4.78 is 0. The van der Waals surface area contributed by atoms with E-state index in [-0.39, 0.29) is 0 Å². The van der Waals surface area contributed by atoms with Gasteiger partial charge in [0.15, 0.2) is 0 Å². The van der Waals surface area contributed by atoms with Crippen LogP contribution in [-0.4, -0.2) is 23.1 Å². The molecule has 3 nitrogen and oxygen atoms in total. The van der Waals surface area contributed by atoms with Gasteiger partial charge in [-0.1, -0.05) is 42.5 Å². The number of piperidine rings is 1. The number of hydrogen-bond donors (Lipinski definition) is 0. The van der Waals surface area contributed by atoms with Crippen LogP contribution in [0.25, 0.3) is 10.9 Å². The lowest BCUT2D eigenvalue weighted by Crippen LogP contribution is -2.30. The van der Waals surface area contributed by atoms with Crippen molar-refractivity contribution in [2.24, 2.45) is 0 Å². The summed E-state index contributed by atoms with van der Waals surface area (Å²) >= 11 is 0. The Bertz CT molecular complexity index is 792. The molecule has 1 aliphatic rings. The van der Waals surface area contributed by atoms with Crippen LogP contribution in [0.2, 0.25) is 0 Å². The molecule has 23 heavy (non-hydrogen) atoms. The van der Waals surface area contributed by atoms with Crippen LogP contribution in [0.15, 0.2) is 54.6 Å². The average molecular weight is 303 g/mol. The fraction of sp³-hybridized carbons (Fsp3) is 0.300. The predicted octanol–water partition coefficient (Wildman–Crippen LogP) is 4.21. The van der Waals surface area contributed by atoms with Crippen LogP contribution in [0.4, 0.5) is 5.82 Å². The van der Waals surface area contributed by atoms with Crippen LogP contribution in [0, 0.1) is 0 Å². The van der Waals surface area contributed by atoms with Crippen molar-refractivity contribution in [3.8, 4) is 0 Å². The Morgan fingerprint density at radius 2 is 1.52 bits per heavy atom. The first-order valence-electron chi connectivity index (χ1n) is 8.45. The quantitative estimate of drug-likeness (QED) is 0.725. The van der Waals surface area contributed by atoms with E-state index in [0.29, 0.717) is 0 Å². The second-order valence-electron chi connectivity index (χ2n) is 6.19. The Hall–Kier alpha value is -2.42. The molecule has 4 rings (SSSR count). The number of fused-ring (bicyclic) bond motifs is 1. The largest absolute Gasteiger partial charge is 0.356 e. The lowest BCUT2D eigenvalue weighted by Gasteiger charge is -2.29. The Morgan fingerprint density at radius 3 is 2.35 bits per heavy atom. The number of aromatic nitrogens is 2. The fourth-order valence-electron chi connectivity index (χ4n) is 3.31. The minimum absolute atomic E-state index is 0.784. The van der Waals surface area contributed by atoms with Crippen LogP contribution in [0.3, 0.4) is 0 Å². The lowest BCUT2D eigenvalue weighted by molar-refractivity contribution is 0.574. The molecule has 0 bridgehead atoms. The number of nitrogens with zero attached hydrogens (tertiary/aromatic N) is 3. The summed E-state index contributed by atoms with van der Waals surface area (Å²) in [5.74, 6) is 2.02. The summed E-state index contributed by atoms with van der Waals surface area (Å²) in [4.78, 5) is 12.2. The van der Waals surface area contributed by atoms with E-state index in [0.717, 1.165) is 36.7 Å². The molecule has 3 aromatic rings. The van der Waals surface area contributed by atoms with Crippen molar-refractivity contribution < 1.29 is 0 Å². The molecule has 0 aliphatic carbocycles. The van der Waals surface area contributed by atoms with E-state index in [2.05, 4.69) is 53.4 Å². The van der Waals surface area contributed by atoms with E-state index < -0.39 is 0 Å². The van der Waals surface area contributed by atoms with Crippen LogP contribution in [0.1, 0.15) is 30.7 Å². The van der Waals surface area contributed by atoms with Crippen molar-refractivity contribution in [2.45, 2.75) is 25.7 Å². The lowest BCUT2D eigenvalue weighted by atomic mass is 10.1. The van der Waals surface area contributed by atoms with Gasteiger partial charge in [0.25, 0.3) is 0 Å². The maximum atomic E-state index is 4.93. The van der Waals surface area contributed by atoms with Gasteiger partial charge in [0, 0.05) is 24.9 Å². The zero-order chi connectivity index (χ0) is 15.5. The normalized spacial score (nSPS) is 15.0. The van der Waals surface area contributed by atoms with E-state index in [1.54, 1.807) is 0 Å². The highest BCUT2D eigenvalue weighted by atomic mass is 15.2. The van der Waals surface area contributed by atoms with Gasteiger partial charge in [-0.2, -0.15) is 0 Å². The molecule has 2 heterocycles. The van der Waals surface area contributed by atoms with Crippen molar-refractivity contribution >= 4 is 16.7 Å². The average Bonchev–Trinajstić information content (AvgIpc) is 2.63. The molecular formula is C20H21N3. The van der Waals surface area contributed by atoms with Gasteiger partial charge in [-0.15, -0.1) is 0 Å². The van der Waals surface area contributed by atoms with Crippen molar-refractivity contribution in [1.82, 2.24) is 9.97 Å². The van der Waals surface area contributed by atoms with E-state index in [1.165, 1.54) is 30.2 Å². The number of hydrogen-bond acceptors (Lipinski definition) is 3. The second kappa shape index (κ2) is 6.37. The third kappa shape index (κ3) is 3.04. The number of rotatable bonds is 3. The highest BCUT2D eigenvalue weighted by Crippen LogP contribution is 2.27. The van der Waals surface area contributed by atoms with E-state index >= 15 is 0 Å². The van der Waals surface area contributed by atoms with Crippen molar-refractivity contribution in [2.75, 3.05) is 18.0 Å². The number of anilines is 1. The summed E-state index contributed by atoms with van der Waals surface area (Å²) in [6, 6.07) is 18.8. The van der Waals surface area contributed by atoms with Gasteiger partial charge in [-0.3, -0.25) is 0 Å². The second-order valence-corrected chi connectivity index (χ2v) is 6.19. The standard InChI is InChI=1S/C20H21N3/c1-3-9-16(10-4-1)15-19-21-18-12-6-5-11-17(18)20(22-19)23-13-7-2-8-14-23/h1,3-6,9-12H,2,7-8,13-15H2. The maximum absolute atomic E-state index is 4.93. The van der Waals surface area contributed by atoms with Gasteiger partial charge < -0.3 is 4.90 Å². The summed E-state index contributed by atoms with van der Waals surface area (Å²) in [7, 11) is 0. The molecule has 0 amide bonds. The van der Waals surface area contributed by atoms with Crippen molar-refractivity contribution in [1.29, 1.82) is 0 Å². The molecular weight excluding hydrogens is 282 g/mol. The van der Waals surface area contributed by atoms with Gasteiger partial charge in [-0.25, -0.2) is 9.97 Å². The smallest absolute Gasteiger partial charge is 0.140 e. The highest BCUT2D eigenvalue weighted by Gasteiger charge is 2.16. The Morgan fingerprint density at radius 1 is 0.783 bits per heavy atom. The van der Waals surface area contributed by atoms with Crippen molar-refractivity contribution in [3.63, 3.8) is 0 Å². The first-order chi connectivity index (χ1) is 11.4. The van der Waals surface area contributed by atoms with Crippen LogP contribution >= 0.6 is 0 Å². The third-order valence-electron chi connectivity index (χ3n) is 4.49. The molecule has 0 unspecified atom stereocenters. The zero-order valence-electron chi connectivity index (χ0n) is 13.3. The monoisotopic (exact) mass is 303 g/mol. The Labute approximate surface area is 137 Å². The van der Waals surface area contributed by atoms with Gasteiger partial charge in [0.2, 0.25) is 0 Å².